The Morgan fingerprint density at radius 2 is 1.79 bits per heavy atom. The summed E-state index contributed by atoms with van der Waals surface area (Å²) >= 11 is 1.70. The maximum Gasteiger partial charge on any atom is 0.247 e. The van der Waals surface area contributed by atoms with Crippen molar-refractivity contribution in [1.29, 1.82) is 0 Å². The molecule has 1 aromatic carbocycles. The van der Waals surface area contributed by atoms with Crippen LogP contribution in [0.25, 0.3) is 0 Å². The van der Waals surface area contributed by atoms with E-state index in [-0.39, 0.29) is 41.4 Å². The van der Waals surface area contributed by atoms with Crippen molar-refractivity contribution in [3.05, 3.63) is 61.2 Å². The summed E-state index contributed by atoms with van der Waals surface area (Å²) in [6.45, 7) is 17.8. The quantitative estimate of drug-likeness (QED) is 0.207. The number of carbonyl (C=O) groups excluding carboxylic acids is 3. The molecule has 0 aliphatic carbocycles. The van der Waals surface area contributed by atoms with Gasteiger partial charge in [0, 0.05) is 31.4 Å². The first-order valence-corrected chi connectivity index (χ1v) is 17.0. The fraction of sp³-hybridized carbons (Fsp3) is 0.629. The third-order valence-corrected chi connectivity index (χ3v) is 12.2. The van der Waals surface area contributed by atoms with Gasteiger partial charge in [-0.1, -0.05) is 89.4 Å². The van der Waals surface area contributed by atoms with E-state index in [1.54, 1.807) is 28.8 Å². The number of benzene rings is 1. The number of hydrogen-bond donors (Lipinski definition) is 1. The molecule has 1 aromatic rings. The van der Waals surface area contributed by atoms with Crippen LogP contribution in [0, 0.1) is 23.7 Å². The molecule has 8 heteroatoms. The van der Waals surface area contributed by atoms with Crippen LogP contribution in [0.1, 0.15) is 65.4 Å². The van der Waals surface area contributed by atoms with Gasteiger partial charge >= 0.3 is 0 Å². The maximum atomic E-state index is 14.8. The molecule has 3 amide bonds. The van der Waals surface area contributed by atoms with Gasteiger partial charge in [-0.15, -0.1) is 24.9 Å². The minimum Gasteiger partial charge on any atom is -0.394 e. The molecule has 3 aliphatic rings. The second-order valence-corrected chi connectivity index (χ2v) is 14.3. The van der Waals surface area contributed by atoms with Gasteiger partial charge in [0.15, 0.2) is 0 Å². The van der Waals surface area contributed by atoms with Crippen LogP contribution in [0.2, 0.25) is 0 Å². The average Bonchev–Trinajstić information content (AvgIpc) is 3.60. The van der Waals surface area contributed by atoms with Crippen molar-refractivity contribution in [3.63, 3.8) is 0 Å². The molecule has 236 valence electrons. The summed E-state index contributed by atoms with van der Waals surface area (Å²) < 4.78 is -0.725. The van der Waals surface area contributed by atoms with Crippen molar-refractivity contribution < 1.29 is 19.5 Å². The highest BCUT2D eigenvalue weighted by Gasteiger charge is 2.77. The molecular formula is C35H51N3O4S. The van der Waals surface area contributed by atoms with Crippen molar-refractivity contribution >= 4 is 29.5 Å². The monoisotopic (exact) mass is 609 g/mol. The van der Waals surface area contributed by atoms with Crippen LogP contribution in [0.5, 0.6) is 0 Å². The first-order chi connectivity index (χ1) is 20.7. The third kappa shape index (κ3) is 6.06. The lowest BCUT2D eigenvalue weighted by Gasteiger charge is -2.43. The lowest BCUT2D eigenvalue weighted by Crippen LogP contribution is -2.60. The number of aliphatic hydroxyl groups is 1. The first-order valence-electron chi connectivity index (χ1n) is 16.2. The number of carbonyl (C=O) groups is 3. The molecule has 43 heavy (non-hydrogen) atoms. The Balaban J connectivity index is 1.78. The number of thioether (sulfide) groups is 1. The lowest BCUT2D eigenvalue weighted by atomic mass is 9.65. The van der Waals surface area contributed by atoms with Gasteiger partial charge in [-0.05, 0) is 30.2 Å². The van der Waals surface area contributed by atoms with Crippen molar-refractivity contribution in [2.24, 2.45) is 23.7 Å². The zero-order valence-electron chi connectivity index (χ0n) is 26.5. The van der Waals surface area contributed by atoms with E-state index in [0.717, 1.165) is 37.7 Å². The normalized spacial score (nSPS) is 28.8. The first kappa shape index (κ1) is 33.3. The van der Waals surface area contributed by atoms with Crippen LogP contribution in [0.4, 0.5) is 0 Å². The second-order valence-electron chi connectivity index (χ2n) is 12.7. The van der Waals surface area contributed by atoms with Crippen molar-refractivity contribution in [2.45, 2.75) is 88.4 Å². The standard InChI is InChI=1S/C35H51N3O4S/c1-7-11-15-20-36(18-8-2)34(42)31-35-25(6)21-28(43-35)29(30(35)33(41)38(31)27(23-39)24(5)10-4)32(40)37(19-9-3)22-26-16-13-12-14-17-26/h8-9,12-14,16-17,24-25,27-31,39H,2-3,7,10-11,15,18-23H2,1,4-6H3/t24-,25?,27-,28+,29-,30-,31?,35?/m0/s1. The molecule has 3 fully saturated rings. The Kier molecular flexibility index (Phi) is 11.2. The van der Waals surface area contributed by atoms with Crippen LogP contribution in [-0.4, -0.2) is 85.8 Å². The predicted octanol–water partition coefficient (Wildman–Crippen LogP) is 5.15. The fourth-order valence-corrected chi connectivity index (χ4v) is 10.2. The number of nitrogens with zero attached hydrogens (tertiary/aromatic N) is 3. The molecule has 0 aromatic heterocycles. The average molecular weight is 610 g/mol. The molecule has 1 N–H and O–H groups in total. The molecular weight excluding hydrogens is 558 g/mol. The summed E-state index contributed by atoms with van der Waals surface area (Å²) in [5.74, 6) is -1.35. The molecule has 3 heterocycles. The van der Waals surface area contributed by atoms with Gasteiger partial charge in [0.05, 0.1) is 29.2 Å². The largest absolute Gasteiger partial charge is 0.394 e. The van der Waals surface area contributed by atoms with Gasteiger partial charge < -0.3 is 19.8 Å². The van der Waals surface area contributed by atoms with Crippen molar-refractivity contribution in [2.75, 3.05) is 26.2 Å². The summed E-state index contributed by atoms with van der Waals surface area (Å²) in [5, 5.41) is 10.6. The number of unbranched alkanes of at least 4 members (excludes halogenated alkanes) is 2. The molecule has 0 saturated carbocycles. The van der Waals surface area contributed by atoms with E-state index >= 15 is 0 Å². The molecule has 7 nitrogen and oxygen atoms in total. The van der Waals surface area contributed by atoms with Gasteiger partial charge in [-0.3, -0.25) is 14.4 Å². The Hall–Kier alpha value is -2.58. The van der Waals surface area contributed by atoms with Gasteiger partial charge in [0.25, 0.3) is 0 Å². The highest BCUT2D eigenvalue weighted by atomic mass is 32.2. The summed E-state index contributed by atoms with van der Waals surface area (Å²) in [4.78, 5) is 49.4. The highest BCUT2D eigenvalue weighted by molar-refractivity contribution is 8.02. The van der Waals surface area contributed by atoms with E-state index in [1.807, 2.05) is 54.0 Å². The number of likely N-dealkylation sites (tertiary alicyclic amines) is 1. The fourth-order valence-electron chi connectivity index (χ4n) is 7.77. The van der Waals surface area contributed by atoms with E-state index < -0.39 is 28.7 Å². The summed E-state index contributed by atoms with van der Waals surface area (Å²) in [5.41, 5.74) is 1.02. The molecule has 3 aliphatic heterocycles. The van der Waals surface area contributed by atoms with Crippen LogP contribution in [-0.2, 0) is 20.9 Å². The molecule has 1 spiro atoms. The summed E-state index contributed by atoms with van der Waals surface area (Å²) in [6.07, 6.45) is 7.97. The third-order valence-electron chi connectivity index (χ3n) is 10.1. The number of amides is 3. The van der Waals surface area contributed by atoms with Gasteiger partial charge in [-0.25, -0.2) is 0 Å². The number of hydrogen-bond acceptors (Lipinski definition) is 5. The minimum absolute atomic E-state index is 0.00516. The number of rotatable bonds is 16. The highest BCUT2D eigenvalue weighted by Crippen LogP contribution is 2.69. The zero-order chi connectivity index (χ0) is 31.3. The predicted molar refractivity (Wildman–Crippen MR) is 174 cm³/mol. The van der Waals surface area contributed by atoms with Crippen LogP contribution < -0.4 is 0 Å². The smallest absolute Gasteiger partial charge is 0.247 e. The molecule has 3 saturated heterocycles. The van der Waals surface area contributed by atoms with Crippen molar-refractivity contribution in [1.82, 2.24) is 14.7 Å². The van der Waals surface area contributed by atoms with Crippen LogP contribution in [0.3, 0.4) is 0 Å². The zero-order valence-corrected chi connectivity index (χ0v) is 27.3. The van der Waals surface area contributed by atoms with Crippen molar-refractivity contribution in [3.8, 4) is 0 Å². The lowest BCUT2D eigenvalue weighted by molar-refractivity contribution is -0.148. The van der Waals surface area contributed by atoms with Gasteiger partial charge in [0.2, 0.25) is 17.7 Å². The van der Waals surface area contributed by atoms with E-state index in [2.05, 4.69) is 27.0 Å². The van der Waals surface area contributed by atoms with E-state index in [0.29, 0.717) is 26.2 Å². The SMILES string of the molecule is C=CCN(CCCCC)C(=O)C1N([C@@H](CO)[C@@H](C)CC)C(=O)[C@@H]2[C@@H](C(=O)N(CC=C)Cc3ccccc3)[C@H]3CC(C)C12S3. The molecule has 3 unspecified atom stereocenters. The Labute approximate surface area is 262 Å². The molecule has 8 atom stereocenters. The van der Waals surface area contributed by atoms with Gasteiger partial charge in [0.1, 0.15) is 6.04 Å². The number of fused-ring (bicyclic) bond motifs is 1. The summed E-state index contributed by atoms with van der Waals surface area (Å²) in [7, 11) is 0. The molecule has 0 radical (unpaired) electrons. The van der Waals surface area contributed by atoms with Crippen LogP contribution in [0.15, 0.2) is 55.6 Å². The maximum absolute atomic E-state index is 14.8. The Bertz CT molecular complexity index is 1160. The number of aliphatic hydroxyl groups excluding tert-OH is 1. The second kappa shape index (κ2) is 14.5. The van der Waals surface area contributed by atoms with Gasteiger partial charge in [-0.2, -0.15) is 0 Å². The topological polar surface area (TPSA) is 81.2 Å². The summed E-state index contributed by atoms with van der Waals surface area (Å²) in [6, 6.07) is 8.66. The Morgan fingerprint density at radius 1 is 1.12 bits per heavy atom. The van der Waals surface area contributed by atoms with E-state index in [1.165, 1.54) is 0 Å². The molecule has 2 bridgehead atoms. The minimum atomic E-state index is -0.734. The Morgan fingerprint density at radius 3 is 2.40 bits per heavy atom. The van der Waals surface area contributed by atoms with Crippen LogP contribution >= 0.6 is 11.8 Å². The van der Waals surface area contributed by atoms with E-state index in [9.17, 15) is 19.5 Å². The van der Waals surface area contributed by atoms with E-state index in [4.69, 9.17) is 0 Å². The molecule has 4 rings (SSSR count).